The number of allylic oxidation sites excluding steroid dienone is 1. The predicted octanol–water partition coefficient (Wildman–Crippen LogP) is 2.64. The largest absolute Gasteiger partial charge is 0.460 e. The van der Waals surface area contributed by atoms with E-state index >= 15 is 0 Å². The molecule has 0 fully saturated rings. The molecule has 0 aromatic rings. The first-order chi connectivity index (χ1) is 6.20. The molecule has 0 radical (unpaired) electrons. The number of carbonyl (C=O) groups excluding carboxylic acids is 1. The van der Waals surface area contributed by atoms with Gasteiger partial charge in [0.05, 0.1) is 0 Å². The fraction of sp³-hybridized carbons (Fsp3) is 0.700. The molecule has 2 nitrogen and oxygen atoms in total. The van der Waals surface area contributed by atoms with Crippen LogP contribution in [-0.2, 0) is 9.53 Å². The number of hydrogen-bond donors (Lipinski definition) is 0. The van der Waals surface area contributed by atoms with Crippen molar-refractivity contribution in [2.45, 2.75) is 33.1 Å². The summed E-state index contributed by atoms with van der Waals surface area (Å²) >= 11 is 0. The molecule has 0 saturated carbocycles. The van der Waals surface area contributed by atoms with Crippen molar-refractivity contribution in [1.82, 2.24) is 0 Å². The number of ether oxygens (including phenoxy) is 1. The zero-order valence-corrected chi connectivity index (χ0v) is 8.31. The molecule has 0 atom stereocenters. The Morgan fingerprint density at radius 1 is 1.54 bits per heavy atom. The van der Waals surface area contributed by atoms with Crippen molar-refractivity contribution < 1.29 is 13.9 Å². The van der Waals surface area contributed by atoms with Crippen LogP contribution in [0.1, 0.15) is 33.1 Å². The number of esters is 1. The quantitative estimate of drug-likeness (QED) is 0.473. The molecule has 0 aromatic heterocycles. The molecule has 0 spiro atoms. The number of rotatable bonds is 6. The van der Waals surface area contributed by atoms with Gasteiger partial charge in [-0.1, -0.05) is 18.9 Å². The van der Waals surface area contributed by atoms with Crippen LogP contribution in [0.15, 0.2) is 11.6 Å². The fourth-order valence-electron chi connectivity index (χ4n) is 0.910. The monoisotopic (exact) mass is 188 g/mol. The van der Waals surface area contributed by atoms with Crippen molar-refractivity contribution in [3.63, 3.8) is 0 Å². The van der Waals surface area contributed by atoms with E-state index in [0.29, 0.717) is 0 Å². The highest BCUT2D eigenvalue weighted by Gasteiger charge is 1.98. The van der Waals surface area contributed by atoms with Gasteiger partial charge in [0.2, 0.25) is 0 Å². The number of hydrogen-bond acceptors (Lipinski definition) is 2. The number of halogens is 1. The molecule has 76 valence electrons. The van der Waals surface area contributed by atoms with Crippen molar-refractivity contribution in [1.29, 1.82) is 0 Å². The molecular formula is C10H17FO2. The van der Waals surface area contributed by atoms with E-state index in [2.05, 4.69) is 11.7 Å². The number of unbranched alkanes of at least 4 members (excludes halogenated alkanes) is 1. The Morgan fingerprint density at radius 2 is 2.23 bits per heavy atom. The van der Waals surface area contributed by atoms with E-state index in [4.69, 9.17) is 0 Å². The third kappa shape index (κ3) is 7.50. The average Bonchev–Trinajstić information content (AvgIpc) is 2.11. The summed E-state index contributed by atoms with van der Waals surface area (Å²) in [6.45, 7) is 3.21. The molecule has 0 rings (SSSR count). The molecule has 0 N–H and O–H groups in total. The first-order valence-corrected chi connectivity index (χ1v) is 4.60. The maximum absolute atomic E-state index is 11.6. The Balaban J connectivity index is 3.70. The van der Waals surface area contributed by atoms with Crippen LogP contribution in [0.4, 0.5) is 4.39 Å². The van der Waals surface area contributed by atoms with Crippen molar-refractivity contribution in [3.05, 3.63) is 11.6 Å². The maximum Gasteiger partial charge on any atom is 0.330 e. The molecule has 0 aliphatic carbocycles. The summed E-state index contributed by atoms with van der Waals surface area (Å²) < 4.78 is 16.1. The van der Waals surface area contributed by atoms with E-state index in [9.17, 15) is 9.18 Å². The average molecular weight is 188 g/mol. The molecule has 0 aliphatic rings. The first-order valence-electron chi connectivity index (χ1n) is 4.60. The van der Waals surface area contributed by atoms with Crippen molar-refractivity contribution >= 4 is 5.97 Å². The van der Waals surface area contributed by atoms with Crippen LogP contribution in [0, 0.1) is 0 Å². The Bertz CT molecular complexity index is 176. The van der Waals surface area contributed by atoms with Gasteiger partial charge < -0.3 is 4.74 Å². The van der Waals surface area contributed by atoms with Gasteiger partial charge in [0, 0.05) is 6.08 Å². The third-order valence-corrected chi connectivity index (χ3v) is 1.61. The Kier molecular flexibility index (Phi) is 7.26. The van der Waals surface area contributed by atoms with Crippen molar-refractivity contribution in [2.24, 2.45) is 0 Å². The van der Waals surface area contributed by atoms with Crippen molar-refractivity contribution in [2.75, 3.05) is 13.3 Å². The van der Waals surface area contributed by atoms with E-state index in [1.54, 1.807) is 0 Å². The summed E-state index contributed by atoms with van der Waals surface area (Å²) in [6, 6.07) is 0. The second-order valence-electron chi connectivity index (χ2n) is 2.95. The summed E-state index contributed by atoms with van der Waals surface area (Å²) in [5.41, 5.74) is 0.991. The second kappa shape index (κ2) is 7.77. The van der Waals surface area contributed by atoms with Crippen LogP contribution in [0.3, 0.4) is 0 Å². The minimum absolute atomic E-state index is 0.142. The Hall–Kier alpha value is -0.860. The lowest BCUT2D eigenvalue weighted by Crippen LogP contribution is -2.04. The van der Waals surface area contributed by atoms with Crippen LogP contribution < -0.4 is 0 Å². The Labute approximate surface area is 78.8 Å². The van der Waals surface area contributed by atoms with Crippen LogP contribution in [0.25, 0.3) is 0 Å². The lowest BCUT2D eigenvalue weighted by atomic mass is 10.1. The summed E-state index contributed by atoms with van der Waals surface area (Å²) in [6.07, 6.45) is 4.51. The topological polar surface area (TPSA) is 26.3 Å². The summed E-state index contributed by atoms with van der Waals surface area (Å²) in [4.78, 5) is 10.9. The van der Waals surface area contributed by atoms with Gasteiger partial charge in [-0.2, -0.15) is 0 Å². The van der Waals surface area contributed by atoms with Crippen LogP contribution in [0.2, 0.25) is 0 Å². The lowest BCUT2D eigenvalue weighted by molar-refractivity contribution is -0.138. The number of alkyl halides is 1. The van der Waals surface area contributed by atoms with Gasteiger partial charge in [0.1, 0.15) is 13.3 Å². The normalized spacial score (nSPS) is 11.5. The fourth-order valence-corrected chi connectivity index (χ4v) is 0.910. The second-order valence-corrected chi connectivity index (χ2v) is 2.95. The van der Waals surface area contributed by atoms with Crippen LogP contribution in [-0.4, -0.2) is 19.3 Å². The summed E-state index contributed by atoms with van der Waals surface area (Å²) in [5, 5.41) is 0. The van der Waals surface area contributed by atoms with E-state index in [1.807, 2.05) is 6.92 Å². The van der Waals surface area contributed by atoms with Crippen LogP contribution >= 0.6 is 0 Å². The highest BCUT2D eigenvalue weighted by molar-refractivity contribution is 5.82. The summed E-state index contributed by atoms with van der Waals surface area (Å²) in [5.74, 6) is -0.439. The van der Waals surface area contributed by atoms with Gasteiger partial charge in [0.25, 0.3) is 0 Å². The minimum atomic E-state index is -0.617. The Morgan fingerprint density at radius 3 is 2.77 bits per heavy atom. The molecule has 0 unspecified atom stereocenters. The highest BCUT2D eigenvalue weighted by Crippen LogP contribution is 2.05. The maximum atomic E-state index is 11.6. The van der Waals surface area contributed by atoms with Gasteiger partial charge in [-0.05, 0) is 19.8 Å². The molecular weight excluding hydrogens is 171 g/mol. The van der Waals surface area contributed by atoms with E-state index in [1.165, 1.54) is 6.08 Å². The molecule has 0 amide bonds. The lowest BCUT2D eigenvalue weighted by Gasteiger charge is -2.00. The van der Waals surface area contributed by atoms with E-state index in [-0.39, 0.29) is 6.61 Å². The smallest absolute Gasteiger partial charge is 0.330 e. The standard InChI is InChI=1S/C10H17FO2/c1-3-4-5-9(2)8-10(12)13-7-6-11/h8H,3-7H2,1-2H3/b9-8+. The SMILES string of the molecule is CCCC/C(C)=C/C(=O)OCCF. The molecule has 13 heavy (non-hydrogen) atoms. The zero-order chi connectivity index (χ0) is 10.1. The van der Waals surface area contributed by atoms with Gasteiger partial charge >= 0.3 is 5.97 Å². The van der Waals surface area contributed by atoms with E-state index in [0.717, 1.165) is 24.8 Å². The van der Waals surface area contributed by atoms with E-state index < -0.39 is 12.6 Å². The van der Waals surface area contributed by atoms with Gasteiger partial charge in [-0.15, -0.1) is 0 Å². The molecule has 3 heteroatoms. The number of carbonyl (C=O) groups is 1. The van der Waals surface area contributed by atoms with Gasteiger partial charge in [0.15, 0.2) is 0 Å². The summed E-state index contributed by atoms with van der Waals surface area (Å²) in [7, 11) is 0. The zero-order valence-electron chi connectivity index (χ0n) is 8.31. The van der Waals surface area contributed by atoms with Crippen molar-refractivity contribution in [3.8, 4) is 0 Å². The highest BCUT2D eigenvalue weighted by atomic mass is 19.1. The van der Waals surface area contributed by atoms with Crippen LogP contribution in [0.5, 0.6) is 0 Å². The molecule has 0 aliphatic heterocycles. The molecule has 0 heterocycles. The first kappa shape index (κ1) is 12.1. The van der Waals surface area contributed by atoms with Gasteiger partial charge in [-0.3, -0.25) is 0 Å². The molecule has 0 saturated heterocycles. The molecule has 0 aromatic carbocycles. The third-order valence-electron chi connectivity index (χ3n) is 1.61. The minimum Gasteiger partial charge on any atom is -0.460 e. The van der Waals surface area contributed by atoms with Gasteiger partial charge in [-0.25, -0.2) is 9.18 Å². The predicted molar refractivity (Wildman–Crippen MR) is 50.2 cm³/mol. The molecule has 0 bridgehead atoms.